The molecule has 1 aromatic carbocycles. The van der Waals surface area contributed by atoms with E-state index >= 15 is 0 Å². The summed E-state index contributed by atoms with van der Waals surface area (Å²) in [4.78, 5) is 0. The lowest BCUT2D eigenvalue weighted by atomic mass is 9.54. The SMILES string of the molecule is C=C1CC[C@H]2[C@@H]3CCc4ccccc4[C@H]3CC[C@]12C(O)O. The van der Waals surface area contributed by atoms with Crippen LogP contribution in [-0.2, 0) is 6.42 Å². The van der Waals surface area contributed by atoms with Crippen LogP contribution in [0.5, 0.6) is 0 Å². The van der Waals surface area contributed by atoms with E-state index in [2.05, 4.69) is 30.8 Å². The Balaban J connectivity index is 1.75. The molecule has 2 fully saturated rings. The zero-order valence-corrected chi connectivity index (χ0v) is 12.5. The number of aryl methyl sites for hydroxylation is 1. The molecule has 0 bridgehead atoms. The smallest absolute Gasteiger partial charge is 0.161 e. The van der Waals surface area contributed by atoms with E-state index in [-0.39, 0.29) is 0 Å². The normalized spacial score (nSPS) is 38.0. The fraction of sp³-hybridized carbons (Fsp3) is 0.579. The van der Waals surface area contributed by atoms with Gasteiger partial charge in [0.05, 0.1) is 0 Å². The molecule has 4 rings (SSSR count). The van der Waals surface area contributed by atoms with Crippen LogP contribution in [0.3, 0.4) is 0 Å². The predicted octanol–water partition coefficient (Wildman–Crippen LogP) is 3.39. The van der Waals surface area contributed by atoms with Crippen molar-refractivity contribution in [2.24, 2.45) is 17.3 Å². The standard InChI is InChI=1S/C19H24O2/c1-12-6-9-17-16-8-7-13-4-2-3-5-14(13)15(16)10-11-19(12,17)18(20)21/h2-5,15-18,20-21H,1,6-11H2/t15-,16-,17+,19+/m1/s1. The van der Waals surface area contributed by atoms with Crippen LogP contribution in [0.4, 0.5) is 0 Å². The van der Waals surface area contributed by atoms with Gasteiger partial charge in [-0.1, -0.05) is 36.4 Å². The summed E-state index contributed by atoms with van der Waals surface area (Å²) < 4.78 is 0. The Hall–Kier alpha value is -1.12. The number of hydrogen-bond acceptors (Lipinski definition) is 2. The molecule has 3 aliphatic carbocycles. The first kappa shape index (κ1) is 13.5. The van der Waals surface area contributed by atoms with Crippen LogP contribution in [0.15, 0.2) is 36.4 Å². The lowest BCUT2D eigenvalue weighted by Crippen LogP contribution is -2.48. The molecule has 0 radical (unpaired) electrons. The molecule has 2 N–H and O–H groups in total. The van der Waals surface area contributed by atoms with Crippen molar-refractivity contribution in [3.63, 3.8) is 0 Å². The van der Waals surface area contributed by atoms with Crippen molar-refractivity contribution in [2.75, 3.05) is 0 Å². The summed E-state index contributed by atoms with van der Waals surface area (Å²) in [5.74, 6) is 1.60. The number of rotatable bonds is 1. The van der Waals surface area contributed by atoms with Crippen molar-refractivity contribution < 1.29 is 10.2 Å². The third-order valence-electron chi connectivity index (χ3n) is 6.64. The molecular formula is C19H24O2. The second-order valence-electron chi connectivity index (χ2n) is 7.21. The van der Waals surface area contributed by atoms with Crippen LogP contribution in [-0.4, -0.2) is 16.5 Å². The Morgan fingerprint density at radius 1 is 1.10 bits per heavy atom. The molecule has 3 aliphatic rings. The second kappa shape index (κ2) is 4.69. The molecular weight excluding hydrogens is 260 g/mol. The molecule has 21 heavy (non-hydrogen) atoms. The minimum atomic E-state index is -1.24. The van der Waals surface area contributed by atoms with Crippen LogP contribution < -0.4 is 0 Å². The highest BCUT2D eigenvalue weighted by Crippen LogP contribution is 2.63. The van der Waals surface area contributed by atoms with Gasteiger partial charge in [0.1, 0.15) is 0 Å². The van der Waals surface area contributed by atoms with E-state index in [4.69, 9.17) is 0 Å². The minimum Gasteiger partial charge on any atom is -0.367 e. The van der Waals surface area contributed by atoms with E-state index in [1.807, 2.05) is 0 Å². The summed E-state index contributed by atoms with van der Waals surface area (Å²) in [6.07, 6.45) is 5.08. The highest BCUT2D eigenvalue weighted by Gasteiger charge is 2.57. The van der Waals surface area contributed by atoms with Crippen molar-refractivity contribution in [1.29, 1.82) is 0 Å². The molecule has 112 valence electrons. The Morgan fingerprint density at radius 2 is 1.90 bits per heavy atom. The van der Waals surface area contributed by atoms with Gasteiger partial charge in [-0.3, -0.25) is 0 Å². The van der Waals surface area contributed by atoms with Crippen molar-refractivity contribution >= 4 is 0 Å². The lowest BCUT2D eigenvalue weighted by molar-refractivity contribution is -0.159. The van der Waals surface area contributed by atoms with E-state index in [9.17, 15) is 10.2 Å². The Kier molecular flexibility index (Phi) is 3.02. The molecule has 0 spiro atoms. The fourth-order valence-electron chi connectivity index (χ4n) is 5.67. The Labute approximate surface area is 126 Å². The summed E-state index contributed by atoms with van der Waals surface area (Å²) in [5, 5.41) is 20.2. The lowest BCUT2D eigenvalue weighted by Gasteiger charge is -2.51. The first-order chi connectivity index (χ1) is 10.1. The van der Waals surface area contributed by atoms with Gasteiger partial charge >= 0.3 is 0 Å². The summed E-state index contributed by atoms with van der Waals surface area (Å²) in [6, 6.07) is 8.85. The molecule has 0 unspecified atom stereocenters. The zero-order valence-electron chi connectivity index (χ0n) is 12.5. The van der Waals surface area contributed by atoms with Gasteiger partial charge in [-0.2, -0.15) is 0 Å². The fourth-order valence-corrected chi connectivity index (χ4v) is 5.67. The van der Waals surface area contributed by atoms with Crippen LogP contribution in [0, 0.1) is 17.3 Å². The van der Waals surface area contributed by atoms with Gasteiger partial charge < -0.3 is 10.2 Å². The van der Waals surface area contributed by atoms with Gasteiger partial charge in [0.15, 0.2) is 6.29 Å². The topological polar surface area (TPSA) is 40.5 Å². The summed E-state index contributed by atoms with van der Waals surface area (Å²) >= 11 is 0. The molecule has 0 aliphatic heterocycles. The molecule has 0 amide bonds. The van der Waals surface area contributed by atoms with Crippen LogP contribution in [0.1, 0.15) is 49.1 Å². The van der Waals surface area contributed by atoms with Gasteiger partial charge in [-0.25, -0.2) is 0 Å². The maximum Gasteiger partial charge on any atom is 0.161 e. The van der Waals surface area contributed by atoms with Crippen molar-refractivity contribution in [3.05, 3.63) is 47.5 Å². The summed E-state index contributed by atoms with van der Waals surface area (Å²) in [6.45, 7) is 4.19. The van der Waals surface area contributed by atoms with E-state index < -0.39 is 11.7 Å². The average molecular weight is 284 g/mol. The maximum atomic E-state index is 10.1. The molecule has 0 saturated heterocycles. The second-order valence-corrected chi connectivity index (χ2v) is 7.21. The number of hydrogen-bond donors (Lipinski definition) is 2. The number of fused-ring (bicyclic) bond motifs is 5. The molecule has 2 nitrogen and oxygen atoms in total. The Morgan fingerprint density at radius 3 is 2.71 bits per heavy atom. The van der Waals surface area contributed by atoms with Crippen LogP contribution in [0.25, 0.3) is 0 Å². The number of aliphatic hydroxyl groups excluding tert-OH is 1. The predicted molar refractivity (Wildman–Crippen MR) is 82.8 cm³/mol. The van der Waals surface area contributed by atoms with Gasteiger partial charge in [0.25, 0.3) is 0 Å². The minimum absolute atomic E-state index is 0.400. The summed E-state index contributed by atoms with van der Waals surface area (Å²) in [5.41, 5.74) is 3.69. The van der Waals surface area contributed by atoms with Gasteiger partial charge in [-0.15, -0.1) is 0 Å². The summed E-state index contributed by atoms with van der Waals surface area (Å²) in [7, 11) is 0. The third-order valence-corrected chi connectivity index (χ3v) is 6.64. The highest BCUT2D eigenvalue weighted by atomic mass is 16.5. The molecule has 0 heterocycles. The number of benzene rings is 1. The first-order valence-corrected chi connectivity index (χ1v) is 8.27. The number of aliphatic hydroxyl groups is 2. The van der Waals surface area contributed by atoms with Crippen LogP contribution in [0.2, 0.25) is 0 Å². The average Bonchev–Trinajstić information content (AvgIpc) is 2.85. The van der Waals surface area contributed by atoms with Crippen LogP contribution >= 0.6 is 0 Å². The Bertz CT molecular complexity index is 577. The van der Waals surface area contributed by atoms with E-state index in [0.717, 1.165) is 37.7 Å². The quantitative estimate of drug-likeness (QED) is 0.613. The maximum absolute atomic E-state index is 10.1. The van der Waals surface area contributed by atoms with Gasteiger partial charge in [0, 0.05) is 5.41 Å². The van der Waals surface area contributed by atoms with E-state index in [1.165, 1.54) is 17.5 Å². The van der Waals surface area contributed by atoms with E-state index in [1.54, 1.807) is 0 Å². The molecule has 0 aromatic heterocycles. The molecule has 2 heteroatoms. The first-order valence-electron chi connectivity index (χ1n) is 8.27. The molecule has 2 saturated carbocycles. The van der Waals surface area contributed by atoms with Gasteiger partial charge in [0.2, 0.25) is 0 Å². The van der Waals surface area contributed by atoms with Crippen molar-refractivity contribution in [3.8, 4) is 0 Å². The molecule has 4 atom stereocenters. The van der Waals surface area contributed by atoms with Crippen molar-refractivity contribution in [2.45, 2.75) is 50.7 Å². The third kappa shape index (κ3) is 1.72. The van der Waals surface area contributed by atoms with E-state index in [0.29, 0.717) is 17.8 Å². The van der Waals surface area contributed by atoms with Crippen molar-refractivity contribution in [1.82, 2.24) is 0 Å². The van der Waals surface area contributed by atoms with Gasteiger partial charge in [-0.05, 0) is 67.4 Å². The largest absolute Gasteiger partial charge is 0.367 e. The zero-order chi connectivity index (χ0) is 14.6. The highest BCUT2D eigenvalue weighted by molar-refractivity contribution is 5.36. The monoisotopic (exact) mass is 284 g/mol. The molecule has 1 aromatic rings.